The molecule has 0 saturated carbocycles. The first kappa shape index (κ1) is 18.8. The predicted octanol–water partition coefficient (Wildman–Crippen LogP) is 4.66. The summed E-state index contributed by atoms with van der Waals surface area (Å²) in [5.74, 6) is 0.697. The molecule has 0 aliphatic carbocycles. The van der Waals surface area contributed by atoms with Gasteiger partial charge in [-0.15, -0.1) is 0 Å². The van der Waals surface area contributed by atoms with Crippen LogP contribution < -0.4 is 4.74 Å². The van der Waals surface area contributed by atoms with Crippen molar-refractivity contribution in [3.8, 4) is 5.75 Å². The van der Waals surface area contributed by atoms with Crippen molar-refractivity contribution >= 4 is 11.8 Å². The Hall–Kier alpha value is -2.56. The maximum absolute atomic E-state index is 12.6. The normalized spacial score (nSPS) is 11.2. The quantitative estimate of drug-likeness (QED) is 0.739. The molecule has 1 aromatic heterocycles. The fourth-order valence-electron chi connectivity index (χ4n) is 2.75. The third-order valence-electron chi connectivity index (χ3n) is 4.07. The van der Waals surface area contributed by atoms with E-state index in [2.05, 4.69) is 13.8 Å². The van der Waals surface area contributed by atoms with Crippen LogP contribution >= 0.6 is 0 Å². The molecule has 5 nitrogen and oxygen atoms in total. The van der Waals surface area contributed by atoms with E-state index < -0.39 is 5.97 Å². The van der Waals surface area contributed by atoms with E-state index in [4.69, 9.17) is 14.3 Å². The van der Waals surface area contributed by atoms with Crippen molar-refractivity contribution in [3.05, 3.63) is 52.5 Å². The van der Waals surface area contributed by atoms with Gasteiger partial charge in [0.15, 0.2) is 5.76 Å². The lowest BCUT2D eigenvalue weighted by Gasteiger charge is -2.07. The Bertz CT molecular complexity index is 758. The lowest BCUT2D eigenvalue weighted by atomic mass is 9.97. The van der Waals surface area contributed by atoms with Gasteiger partial charge in [-0.2, -0.15) is 0 Å². The Morgan fingerprint density at radius 3 is 2.28 bits per heavy atom. The lowest BCUT2D eigenvalue weighted by molar-refractivity contribution is 0.0693. The highest BCUT2D eigenvalue weighted by Gasteiger charge is 2.21. The number of ketones is 1. The summed E-state index contributed by atoms with van der Waals surface area (Å²) in [6.07, 6.45) is 0.124. The fraction of sp³-hybridized carbons (Fsp3) is 0.400. The molecule has 0 radical (unpaired) electrons. The van der Waals surface area contributed by atoms with Crippen LogP contribution in [-0.2, 0) is 6.42 Å². The molecule has 0 unspecified atom stereocenters. The van der Waals surface area contributed by atoms with E-state index >= 15 is 0 Å². The summed E-state index contributed by atoms with van der Waals surface area (Å²) in [6.45, 7) is 8.21. The predicted molar refractivity (Wildman–Crippen MR) is 94.9 cm³/mol. The van der Waals surface area contributed by atoms with Gasteiger partial charge in [-0.25, -0.2) is 4.79 Å². The van der Waals surface area contributed by atoms with Crippen molar-refractivity contribution in [1.82, 2.24) is 0 Å². The summed E-state index contributed by atoms with van der Waals surface area (Å²) < 4.78 is 10.9. The maximum atomic E-state index is 12.6. The van der Waals surface area contributed by atoms with Crippen LogP contribution in [0, 0.1) is 0 Å². The molecule has 0 aliphatic rings. The van der Waals surface area contributed by atoms with Crippen molar-refractivity contribution in [3.63, 3.8) is 0 Å². The van der Waals surface area contributed by atoms with Crippen LogP contribution in [-0.4, -0.2) is 24.0 Å². The van der Waals surface area contributed by atoms with Crippen molar-refractivity contribution in [2.45, 2.75) is 46.0 Å². The standard InChI is InChI=1S/C20H24O5/c1-11(2)15-10-18(25-19(15)12(3)4)16(21)8-13-6-7-14(20(22)23)17(9-13)24-5/h6-7,9-12H,8H2,1-5H3,(H,22,23). The molecule has 0 saturated heterocycles. The number of furan rings is 1. The molecule has 5 heteroatoms. The summed E-state index contributed by atoms with van der Waals surface area (Å²) in [5, 5.41) is 9.12. The molecule has 1 aromatic carbocycles. The van der Waals surface area contributed by atoms with Gasteiger partial charge in [-0.05, 0) is 35.2 Å². The summed E-state index contributed by atoms with van der Waals surface area (Å²) in [7, 11) is 1.41. The number of carbonyl (C=O) groups is 2. The maximum Gasteiger partial charge on any atom is 0.339 e. The van der Waals surface area contributed by atoms with Gasteiger partial charge in [0.05, 0.1) is 7.11 Å². The minimum absolute atomic E-state index is 0.0703. The topological polar surface area (TPSA) is 76.7 Å². The molecule has 1 N–H and O–H groups in total. The smallest absolute Gasteiger partial charge is 0.339 e. The first-order valence-corrected chi connectivity index (χ1v) is 8.31. The van der Waals surface area contributed by atoms with Crippen LogP contribution in [0.4, 0.5) is 0 Å². The van der Waals surface area contributed by atoms with Gasteiger partial charge in [0.1, 0.15) is 17.1 Å². The molecular formula is C20H24O5. The monoisotopic (exact) mass is 344 g/mol. The second-order valence-corrected chi connectivity index (χ2v) is 6.68. The largest absolute Gasteiger partial charge is 0.496 e. The summed E-state index contributed by atoms with van der Waals surface area (Å²) >= 11 is 0. The molecule has 1 heterocycles. The number of ether oxygens (including phenoxy) is 1. The molecule has 0 aliphatic heterocycles. The number of carboxylic acids is 1. The number of aromatic carboxylic acids is 1. The number of methoxy groups -OCH3 is 1. The van der Waals surface area contributed by atoms with Gasteiger partial charge in [0, 0.05) is 12.3 Å². The number of hydrogen-bond donors (Lipinski definition) is 1. The molecule has 0 bridgehead atoms. The Kier molecular flexibility index (Phi) is 5.67. The van der Waals surface area contributed by atoms with Gasteiger partial charge < -0.3 is 14.3 Å². The molecule has 134 valence electrons. The molecule has 25 heavy (non-hydrogen) atoms. The molecule has 0 spiro atoms. The number of benzene rings is 1. The van der Waals surface area contributed by atoms with Gasteiger partial charge in [-0.3, -0.25) is 4.79 Å². The van der Waals surface area contributed by atoms with E-state index in [0.717, 1.165) is 11.3 Å². The van der Waals surface area contributed by atoms with Crippen molar-refractivity contribution in [1.29, 1.82) is 0 Å². The van der Waals surface area contributed by atoms with Gasteiger partial charge in [0.2, 0.25) is 5.78 Å². The van der Waals surface area contributed by atoms with Crippen LogP contribution in [0.25, 0.3) is 0 Å². The Balaban J connectivity index is 2.28. The third kappa shape index (κ3) is 4.10. The average molecular weight is 344 g/mol. The van der Waals surface area contributed by atoms with Crippen molar-refractivity contribution in [2.75, 3.05) is 7.11 Å². The number of Topliss-reactive ketones (excluding diaryl/α,β-unsaturated/α-hetero) is 1. The zero-order valence-electron chi connectivity index (χ0n) is 15.3. The number of rotatable bonds is 7. The summed E-state index contributed by atoms with van der Waals surface area (Å²) in [4.78, 5) is 23.7. The third-order valence-corrected chi connectivity index (χ3v) is 4.07. The van der Waals surface area contributed by atoms with E-state index in [9.17, 15) is 9.59 Å². The zero-order chi connectivity index (χ0) is 18.7. The first-order valence-electron chi connectivity index (χ1n) is 8.31. The minimum Gasteiger partial charge on any atom is -0.496 e. The molecular weight excluding hydrogens is 320 g/mol. The second-order valence-electron chi connectivity index (χ2n) is 6.68. The minimum atomic E-state index is -1.07. The SMILES string of the molecule is COc1cc(CC(=O)c2cc(C(C)C)c(C(C)C)o2)ccc1C(=O)O. The van der Waals surface area contributed by atoms with Crippen LogP contribution in [0.3, 0.4) is 0 Å². The van der Waals surface area contributed by atoms with E-state index in [1.165, 1.54) is 13.2 Å². The Labute approximate surface area is 147 Å². The molecule has 0 fully saturated rings. The highest BCUT2D eigenvalue weighted by Crippen LogP contribution is 2.30. The van der Waals surface area contributed by atoms with Gasteiger partial charge in [0.25, 0.3) is 0 Å². The summed E-state index contributed by atoms with van der Waals surface area (Å²) in [5.41, 5.74) is 1.80. The van der Waals surface area contributed by atoms with E-state index in [-0.39, 0.29) is 35.4 Å². The average Bonchev–Trinajstić information content (AvgIpc) is 3.00. The Morgan fingerprint density at radius 1 is 1.12 bits per heavy atom. The second kappa shape index (κ2) is 7.55. The zero-order valence-corrected chi connectivity index (χ0v) is 15.3. The van der Waals surface area contributed by atoms with Crippen LogP contribution in [0.2, 0.25) is 0 Å². The number of carbonyl (C=O) groups excluding carboxylic acids is 1. The highest BCUT2D eigenvalue weighted by molar-refractivity contribution is 5.96. The van der Waals surface area contributed by atoms with Gasteiger partial charge >= 0.3 is 5.97 Å². The van der Waals surface area contributed by atoms with Crippen LogP contribution in [0.1, 0.15) is 77.3 Å². The van der Waals surface area contributed by atoms with Crippen LogP contribution in [0.5, 0.6) is 5.75 Å². The number of carboxylic acid groups (broad SMARTS) is 1. The highest BCUT2D eigenvalue weighted by atomic mass is 16.5. The summed E-state index contributed by atoms with van der Waals surface area (Å²) in [6, 6.07) is 6.48. The van der Waals surface area contributed by atoms with E-state index in [0.29, 0.717) is 11.3 Å². The van der Waals surface area contributed by atoms with Crippen molar-refractivity contribution < 1.29 is 23.8 Å². The molecule has 0 amide bonds. The Morgan fingerprint density at radius 2 is 1.80 bits per heavy atom. The van der Waals surface area contributed by atoms with E-state index in [1.54, 1.807) is 12.1 Å². The lowest BCUT2D eigenvalue weighted by Crippen LogP contribution is -2.05. The molecule has 2 aromatic rings. The van der Waals surface area contributed by atoms with Gasteiger partial charge in [-0.1, -0.05) is 33.8 Å². The number of hydrogen-bond acceptors (Lipinski definition) is 4. The van der Waals surface area contributed by atoms with E-state index in [1.807, 2.05) is 19.9 Å². The van der Waals surface area contributed by atoms with Crippen LogP contribution in [0.15, 0.2) is 28.7 Å². The van der Waals surface area contributed by atoms with Crippen molar-refractivity contribution in [2.24, 2.45) is 0 Å². The fourth-order valence-corrected chi connectivity index (χ4v) is 2.75. The molecule has 2 rings (SSSR count). The molecule has 0 atom stereocenters. The first-order chi connectivity index (χ1) is 11.7.